The third-order valence-corrected chi connectivity index (χ3v) is 5.54. The second-order valence-corrected chi connectivity index (χ2v) is 7.83. The Labute approximate surface area is 201 Å². The van der Waals surface area contributed by atoms with Crippen LogP contribution < -0.4 is 14.2 Å². The zero-order valence-electron chi connectivity index (χ0n) is 20.5. The lowest BCUT2D eigenvalue weighted by molar-refractivity contribution is -0.128. The Hall–Kier alpha value is -3.42. The monoisotopic (exact) mass is 473 g/mol. The molecule has 2 aromatic carbocycles. The Morgan fingerprint density at radius 2 is 1.68 bits per heavy atom. The van der Waals surface area contributed by atoms with Crippen LogP contribution in [0.4, 0.5) is 4.79 Å². The number of ether oxygens (including phenoxy) is 5. The fourth-order valence-electron chi connectivity index (χ4n) is 3.68. The van der Waals surface area contributed by atoms with Crippen molar-refractivity contribution in [3.8, 4) is 17.2 Å². The maximum atomic E-state index is 11.9. The summed E-state index contributed by atoms with van der Waals surface area (Å²) in [6.07, 6.45) is 3.80. The Morgan fingerprint density at radius 3 is 2.24 bits per heavy atom. The van der Waals surface area contributed by atoms with Gasteiger partial charge >= 0.3 is 6.09 Å². The highest BCUT2D eigenvalue weighted by atomic mass is 16.6. The summed E-state index contributed by atoms with van der Waals surface area (Å²) in [7, 11) is 4.67. The highest BCUT2D eigenvalue weighted by Gasteiger charge is 2.24. The van der Waals surface area contributed by atoms with Gasteiger partial charge in [-0.05, 0) is 49.4 Å². The molecule has 0 bridgehead atoms. The second-order valence-electron chi connectivity index (χ2n) is 7.83. The van der Waals surface area contributed by atoms with Gasteiger partial charge in [0.1, 0.15) is 6.61 Å². The van der Waals surface area contributed by atoms with Crippen LogP contribution in [0, 0.1) is 0 Å². The van der Waals surface area contributed by atoms with Crippen LogP contribution in [0.15, 0.2) is 42.5 Å². The molecule has 0 aromatic heterocycles. The molecule has 1 atom stereocenters. The molecule has 186 valence electrons. The lowest BCUT2D eigenvalue weighted by Gasteiger charge is -2.32. The van der Waals surface area contributed by atoms with E-state index in [1.165, 1.54) is 6.42 Å². The first-order valence-corrected chi connectivity index (χ1v) is 11.4. The quantitative estimate of drug-likeness (QED) is 0.388. The molecule has 8 nitrogen and oxygen atoms in total. The van der Waals surface area contributed by atoms with Crippen LogP contribution in [-0.4, -0.2) is 58.0 Å². The molecule has 0 radical (unpaired) electrons. The summed E-state index contributed by atoms with van der Waals surface area (Å²) in [6, 6.07) is 13.8. The zero-order chi connectivity index (χ0) is 24.8. The van der Waals surface area contributed by atoms with Gasteiger partial charge in [0.05, 0.1) is 27.9 Å². The number of rotatable bonds is 9. The highest BCUT2D eigenvalue weighted by molar-refractivity contribution is 5.68. The maximum absolute atomic E-state index is 11.9. The average molecular weight is 474 g/mol. The highest BCUT2D eigenvalue weighted by Crippen LogP contribution is 2.38. The van der Waals surface area contributed by atoms with Gasteiger partial charge < -0.3 is 28.6 Å². The van der Waals surface area contributed by atoms with Gasteiger partial charge in [-0.3, -0.25) is 4.79 Å². The molecule has 1 heterocycles. The van der Waals surface area contributed by atoms with Gasteiger partial charge in [-0.1, -0.05) is 30.3 Å². The van der Waals surface area contributed by atoms with Crippen molar-refractivity contribution >= 4 is 12.6 Å². The number of hydrogen-bond donors (Lipinski definition) is 0. The lowest BCUT2D eigenvalue weighted by Crippen LogP contribution is -2.42. The Kier molecular flexibility index (Phi) is 11.6. The fraction of sp³-hybridized carbons (Fsp3) is 0.462. The van der Waals surface area contributed by atoms with Gasteiger partial charge in [0, 0.05) is 19.0 Å². The van der Waals surface area contributed by atoms with Gasteiger partial charge in [-0.25, -0.2) is 4.79 Å². The number of carbonyl (C=O) groups excluding carboxylic acids is 2. The predicted molar refractivity (Wildman–Crippen MR) is 128 cm³/mol. The molecule has 1 unspecified atom stereocenters. The van der Waals surface area contributed by atoms with E-state index < -0.39 is 0 Å². The predicted octanol–water partition coefficient (Wildman–Crippen LogP) is 4.63. The van der Waals surface area contributed by atoms with E-state index in [1.54, 1.807) is 21.3 Å². The number of hydrogen-bond acceptors (Lipinski definition) is 7. The summed E-state index contributed by atoms with van der Waals surface area (Å²) < 4.78 is 25.6. The number of piperidine rings is 1. The van der Waals surface area contributed by atoms with E-state index in [0.717, 1.165) is 30.5 Å². The fourth-order valence-corrected chi connectivity index (χ4v) is 3.68. The van der Waals surface area contributed by atoms with Crippen LogP contribution in [-0.2, 0) is 27.3 Å². The first-order valence-electron chi connectivity index (χ1n) is 11.4. The summed E-state index contributed by atoms with van der Waals surface area (Å²) in [5, 5.41) is 0. The molecule has 0 aliphatic carbocycles. The Bertz CT molecular complexity index is 863. The minimum atomic E-state index is -0.180. The van der Waals surface area contributed by atoms with E-state index in [4.69, 9.17) is 18.9 Å². The van der Waals surface area contributed by atoms with Crippen molar-refractivity contribution in [3.05, 3.63) is 53.6 Å². The van der Waals surface area contributed by atoms with Crippen molar-refractivity contribution in [3.63, 3.8) is 0 Å². The number of carbonyl (C=O) groups is 2. The minimum absolute atomic E-state index is 0.180. The van der Waals surface area contributed by atoms with Crippen molar-refractivity contribution < 1.29 is 33.3 Å². The van der Waals surface area contributed by atoms with E-state index in [1.807, 2.05) is 47.4 Å². The summed E-state index contributed by atoms with van der Waals surface area (Å²) >= 11 is 0. The van der Waals surface area contributed by atoms with Gasteiger partial charge in [0.25, 0.3) is 6.47 Å². The third-order valence-electron chi connectivity index (χ3n) is 5.54. The zero-order valence-corrected chi connectivity index (χ0v) is 20.5. The molecule has 1 fully saturated rings. The molecule has 34 heavy (non-hydrogen) atoms. The summed E-state index contributed by atoms with van der Waals surface area (Å²) in [4.78, 5) is 23.8. The van der Waals surface area contributed by atoms with Crippen LogP contribution in [0.3, 0.4) is 0 Å². The first-order chi connectivity index (χ1) is 16.5. The molecule has 2 aromatic rings. The second kappa shape index (κ2) is 14.7. The first kappa shape index (κ1) is 26.8. The van der Waals surface area contributed by atoms with Crippen molar-refractivity contribution in [2.45, 2.75) is 45.3 Å². The van der Waals surface area contributed by atoms with E-state index in [0.29, 0.717) is 49.4 Å². The molecule has 1 amide bonds. The molecule has 0 spiro atoms. The number of benzene rings is 2. The third kappa shape index (κ3) is 8.17. The van der Waals surface area contributed by atoms with E-state index in [-0.39, 0.29) is 6.09 Å². The number of nitrogens with zero attached hydrogens (tertiary/aromatic N) is 1. The standard InChI is InChI=1S/C14H19NO2.C12H16O5/c1-12-7-5-6-10-15(12)14(16)17-11-13-8-3-2-4-9-13;1-14-10-6-9(4-5-17-8-13)7-11(15-2)12(10)16-3/h2-4,8-9,12H,5-7,10-11H2,1H3;6-8H,4-5H2,1-3H3. The van der Waals surface area contributed by atoms with Crippen LogP contribution in [0.2, 0.25) is 0 Å². The molecule has 8 heteroatoms. The largest absolute Gasteiger partial charge is 0.493 e. The van der Waals surface area contributed by atoms with Crippen molar-refractivity contribution in [2.75, 3.05) is 34.5 Å². The van der Waals surface area contributed by atoms with Crippen LogP contribution in [0.5, 0.6) is 17.2 Å². The summed E-state index contributed by atoms with van der Waals surface area (Å²) in [5.74, 6) is 1.73. The Balaban J connectivity index is 0.000000240. The molecular formula is C26H35NO7. The number of amides is 1. The molecular weight excluding hydrogens is 438 g/mol. The number of methoxy groups -OCH3 is 3. The maximum Gasteiger partial charge on any atom is 0.410 e. The summed E-state index contributed by atoms with van der Waals surface area (Å²) in [5.41, 5.74) is 1.98. The van der Waals surface area contributed by atoms with Crippen molar-refractivity contribution in [1.82, 2.24) is 4.90 Å². The van der Waals surface area contributed by atoms with Crippen molar-refractivity contribution in [2.24, 2.45) is 0 Å². The summed E-state index contributed by atoms with van der Waals surface area (Å²) in [6.45, 7) is 4.03. The van der Waals surface area contributed by atoms with Gasteiger partial charge in [0.2, 0.25) is 5.75 Å². The molecule has 0 N–H and O–H groups in total. The minimum Gasteiger partial charge on any atom is -0.493 e. The van der Waals surface area contributed by atoms with Crippen LogP contribution >= 0.6 is 0 Å². The molecule has 0 saturated carbocycles. The Morgan fingerprint density at radius 1 is 1.00 bits per heavy atom. The molecule has 1 aliphatic heterocycles. The van der Waals surface area contributed by atoms with Crippen LogP contribution in [0.25, 0.3) is 0 Å². The van der Waals surface area contributed by atoms with E-state index in [9.17, 15) is 9.59 Å². The van der Waals surface area contributed by atoms with E-state index in [2.05, 4.69) is 11.7 Å². The van der Waals surface area contributed by atoms with Crippen molar-refractivity contribution in [1.29, 1.82) is 0 Å². The van der Waals surface area contributed by atoms with E-state index >= 15 is 0 Å². The molecule has 3 rings (SSSR count). The van der Waals surface area contributed by atoms with Gasteiger partial charge in [0.15, 0.2) is 11.5 Å². The number of likely N-dealkylation sites (tertiary alicyclic amines) is 1. The molecule has 1 saturated heterocycles. The van der Waals surface area contributed by atoms with Gasteiger partial charge in [-0.15, -0.1) is 0 Å². The smallest absolute Gasteiger partial charge is 0.410 e. The van der Waals surface area contributed by atoms with Gasteiger partial charge in [-0.2, -0.15) is 0 Å². The topological polar surface area (TPSA) is 83.5 Å². The average Bonchev–Trinajstić information content (AvgIpc) is 2.88. The molecule has 1 aliphatic rings. The SMILES string of the molecule is CC1CCCCN1C(=O)OCc1ccccc1.COc1cc(CCOC=O)cc(OC)c1OC. The normalized spacial score (nSPS) is 14.8. The van der Waals surface area contributed by atoms with Crippen LogP contribution in [0.1, 0.15) is 37.3 Å². The lowest BCUT2D eigenvalue weighted by atomic mass is 10.0.